The fourth-order valence-corrected chi connectivity index (χ4v) is 11.6. The molecule has 378 valence electrons. The first-order chi connectivity index (χ1) is 35.3. The Hall–Kier alpha value is -7.19. The van der Waals surface area contributed by atoms with Crippen molar-refractivity contribution in [2.24, 2.45) is 11.3 Å². The number of hydrogen-bond acceptors (Lipinski definition) is 15. The van der Waals surface area contributed by atoms with Crippen molar-refractivity contribution in [1.82, 2.24) is 39.9 Å². The maximum Gasteiger partial charge on any atom is 0.319 e. The Labute approximate surface area is 421 Å². The third-order valence-electron chi connectivity index (χ3n) is 16.1. The number of halogens is 2. The number of anilines is 2. The van der Waals surface area contributed by atoms with Crippen LogP contribution in [-0.2, 0) is 16.1 Å². The van der Waals surface area contributed by atoms with Gasteiger partial charge in [-0.2, -0.15) is 15.2 Å². The molecule has 1 saturated carbocycles. The monoisotopic (exact) mass is 993 g/mol. The summed E-state index contributed by atoms with van der Waals surface area (Å²) in [6.07, 6.45) is 10.6. The minimum atomic E-state index is -0.938. The largest absolute Gasteiger partial charge is 0.508 e. The number of amides is 3. The first-order valence-electron chi connectivity index (χ1n) is 25.2. The number of rotatable bonds is 12. The Morgan fingerprint density at radius 1 is 0.890 bits per heavy atom. The van der Waals surface area contributed by atoms with E-state index in [2.05, 4.69) is 52.9 Å². The molecular formula is C54H57F2N11O6. The highest BCUT2D eigenvalue weighted by atomic mass is 19.1. The number of nitrogens with one attached hydrogen (secondary N) is 1. The molecule has 3 N–H and O–H groups in total. The zero-order valence-corrected chi connectivity index (χ0v) is 40.7. The number of piperidine rings is 2. The number of ether oxygens (including phenoxy) is 1. The zero-order chi connectivity index (χ0) is 50.7. The fourth-order valence-electron chi connectivity index (χ4n) is 11.6. The van der Waals surface area contributed by atoms with Crippen LogP contribution in [0.15, 0.2) is 42.5 Å². The van der Waals surface area contributed by atoms with E-state index in [1.807, 2.05) is 24.1 Å². The average molecular weight is 994 g/mol. The van der Waals surface area contributed by atoms with Crippen molar-refractivity contribution in [3.05, 3.63) is 70.8 Å². The van der Waals surface area contributed by atoms with Crippen LogP contribution in [0.4, 0.5) is 20.3 Å². The molecule has 19 heteroatoms. The smallest absolute Gasteiger partial charge is 0.319 e. The molecule has 1 aliphatic carbocycles. The summed E-state index contributed by atoms with van der Waals surface area (Å²) in [5, 5.41) is 34.8. The highest BCUT2D eigenvalue weighted by Gasteiger charge is 2.46. The topological polar surface area (TPSA) is 195 Å². The predicted octanol–water partition coefficient (Wildman–Crippen LogP) is 5.00. The number of pyridine rings is 1. The van der Waals surface area contributed by atoms with Gasteiger partial charge < -0.3 is 39.4 Å². The maximum absolute atomic E-state index is 17.3. The van der Waals surface area contributed by atoms with E-state index >= 15 is 8.78 Å². The lowest BCUT2D eigenvalue weighted by Crippen LogP contribution is -2.52. The number of nitrogens with zero attached hydrogens (tertiary/aromatic N) is 10. The summed E-state index contributed by atoms with van der Waals surface area (Å²) < 4.78 is 38.8. The lowest BCUT2D eigenvalue weighted by Gasteiger charge is -2.40. The molecule has 4 saturated heterocycles. The van der Waals surface area contributed by atoms with E-state index in [-0.39, 0.29) is 86.8 Å². The number of fused-ring (bicyclic) bond motifs is 3. The number of likely N-dealkylation sites (N-methyl/N-ethyl adjacent to an activating group) is 1. The van der Waals surface area contributed by atoms with Crippen LogP contribution in [0.5, 0.6) is 17.6 Å². The number of aromatic hydroxyl groups is 2. The summed E-state index contributed by atoms with van der Waals surface area (Å²) in [6.45, 7) is 9.52. The predicted molar refractivity (Wildman–Crippen MR) is 268 cm³/mol. The number of carbonyl (C=O) groups is 3. The quantitative estimate of drug-likeness (QED) is 0.112. The second-order valence-electron chi connectivity index (χ2n) is 20.8. The molecule has 0 bridgehead atoms. The summed E-state index contributed by atoms with van der Waals surface area (Å²) in [7, 11) is 1.94. The van der Waals surface area contributed by atoms with Gasteiger partial charge in [0.05, 0.1) is 24.7 Å². The van der Waals surface area contributed by atoms with Crippen LogP contribution in [-0.4, -0.2) is 160 Å². The van der Waals surface area contributed by atoms with E-state index in [1.54, 1.807) is 4.90 Å². The van der Waals surface area contributed by atoms with Crippen LogP contribution in [0.25, 0.3) is 32.9 Å². The molecule has 2 aromatic heterocycles. The molecule has 5 aromatic rings. The second kappa shape index (κ2) is 19.3. The molecule has 2 atom stereocenters. The van der Waals surface area contributed by atoms with E-state index in [0.29, 0.717) is 56.1 Å². The van der Waals surface area contributed by atoms with Crippen LogP contribution < -0.4 is 19.9 Å². The molecule has 5 fully saturated rings. The normalized spacial score (nSPS) is 21.9. The number of hydrogen-bond donors (Lipinski definition) is 3. The van der Waals surface area contributed by atoms with Gasteiger partial charge in [0.25, 0.3) is 5.91 Å². The summed E-state index contributed by atoms with van der Waals surface area (Å²) in [4.78, 5) is 64.2. The van der Waals surface area contributed by atoms with Gasteiger partial charge in [0.1, 0.15) is 40.0 Å². The first kappa shape index (κ1) is 48.1. The van der Waals surface area contributed by atoms with Gasteiger partial charge in [-0.3, -0.25) is 24.6 Å². The maximum atomic E-state index is 17.3. The van der Waals surface area contributed by atoms with Crippen LogP contribution in [0.3, 0.4) is 0 Å². The summed E-state index contributed by atoms with van der Waals surface area (Å²) >= 11 is 0. The van der Waals surface area contributed by atoms with Gasteiger partial charge in [-0.1, -0.05) is 12.0 Å². The van der Waals surface area contributed by atoms with Gasteiger partial charge in [0.15, 0.2) is 5.82 Å². The number of phenolic OH excluding ortho intramolecular Hbond substituents is 1. The van der Waals surface area contributed by atoms with Crippen LogP contribution in [0.1, 0.15) is 66.4 Å². The summed E-state index contributed by atoms with van der Waals surface area (Å²) in [6, 6.07) is 12.6. The van der Waals surface area contributed by atoms with Crippen molar-refractivity contribution in [3.63, 3.8) is 0 Å². The van der Waals surface area contributed by atoms with Gasteiger partial charge in [-0.25, -0.2) is 13.8 Å². The fraction of sp³-hybridized carbons (Fsp3) is 0.463. The molecule has 0 radical (unpaired) electrons. The number of phenols is 1. The van der Waals surface area contributed by atoms with E-state index in [0.717, 1.165) is 89.3 Å². The highest BCUT2D eigenvalue weighted by molar-refractivity contribution is 6.06. The van der Waals surface area contributed by atoms with Gasteiger partial charge in [-0.05, 0) is 92.4 Å². The number of terminal acetylenes is 1. The van der Waals surface area contributed by atoms with Crippen molar-refractivity contribution in [2.75, 3.05) is 95.4 Å². The molecule has 7 heterocycles. The van der Waals surface area contributed by atoms with Crippen molar-refractivity contribution in [3.8, 4) is 47.3 Å². The Morgan fingerprint density at radius 2 is 1.67 bits per heavy atom. The van der Waals surface area contributed by atoms with E-state index in [1.165, 1.54) is 24.3 Å². The third-order valence-corrected chi connectivity index (χ3v) is 16.1. The lowest BCUT2D eigenvalue weighted by molar-refractivity contribution is -0.136. The molecular weight excluding hydrogens is 937 g/mol. The average Bonchev–Trinajstić information content (AvgIpc) is 4.08. The molecule has 1 unspecified atom stereocenters. The van der Waals surface area contributed by atoms with Gasteiger partial charge >= 0.3 is 6.01 Å². The van der Waals surface area contributed by atoms with E-state index in [9.17, 15) is 29.9 Å². The Morgan fingerprint density at radius 3 is 2.41 bits per heavy atom. The van der Waals surface area contributed by atoms with Gasteiger partial charge in [-0.15, -0.1) is 6.42 Å². The highest BCUT2D eigenvalue weighted by Crippen LogP contribution is 2.47. The van der Waals surface area contributed by atoms with Crippen molar-refractivity contribution >= 4 is 50.9 Å². The van der Waals surface area contributed by atoms with Gasteiger partial charge in [0.2, 0.25) is 17.7 Å². The molecule has 73 heavy (non-hydrogen) atoms. The first-order valence-corrected chi connectivity index (χ1v) is 25.2. The van der Waals surface area contributed by atoms with Gasteiger partial charge in [0, 0.05) is 119 Å². The Balaban J connectivity index is 0.742. The van der Waals surface area contributed by atoms with Crippen molar-refractivity contribution < 1.29 is 38.1 Å². The van der Waals surface area contributed by atoms with Crippen molar-refractivity contribution in [1.29, 1.82) is 5.26 Å². The second-order valence-corrected chi connectivity index (χ2v) is 20.8. The summed E-state index contributed by atoms with van der Waals surface area (Å²) in [5.41, 5.74) is 1.67. The summed E-state index contributed by atoms with van der Waals surface area (Å²) in [5.74, 6) is -0.183. The number of benzene rings is 3. The van der Waals surface area contributed by atoms with Crippen molar-refractivity contribution in [2.45, 2.75) is 63.6 Å². The van der Waals surface area contributed by atoms with Crippen LogP contribution in [0, 0.1) is 46.6 Å². The molecule has 0 spiro atoms. The molecule has 3 aromatic carbocycles. The van der Waals surface area contributed by atoms with Crippen LogP contribution in [0.2, 0.25) is 0 Å². The lowest BCUT2D eigenvalue weighted by atomic mass is 9.95. The molecule has 3 amide bonds. The van der Waals surface area contributed by atoms with Crippen LogP contribution >= 0.6 is 0 Å². The number of piperazine rings is 2. The standard InChI is InChI=1S/C54H57F2N11O6/c1-3-38-41(55)7-4-33-25-37(68)26-40(44(33)38)47-46(56)48-45(51(71)59-47)49(66-23-18-62(2)36(29-66)10-15-57)61-53(60-48)73-31-54(13-14-54)30-64-21-19-63(20-22-64)27-32-11-16-65(17-12-32)35-5-6-39-34(24-35)28-67(52(39)72)42-8-9-43(69)58-50(42)70/h1,4-7,24-26,32,36,42,68H,8-14,16-23,27-31H2,2H3,(H,59,71)(H,58,69,70)/t36-,42?/m0/s1. The minimum absolute atomic E-state index is 0.0223. The molecule has 5 aliphatic heterocycles. The van der Waals surface area contributed by atoms with E-state index < -0.39 is 29.5 Å². The number of carbonyl (C=O) groups excluding carboxylic acids is 3. The number of imide groups is 1. The Kier molecular flexibility index (Phi) is 12.7. The molecule has 11 rings (SSSR count). The van der Waals surface area contributed by atoms with E-state index in [4.69, 9.17) is 16.1 Å². The Bertz CT molecular complexity index is 3140. The number of nitriles is 1. The third kappa shape index (κ3) is 9.30. The molecule has 17 nitrogen and oxygen atoms in total. The minimum Gasteiger partial charge on any atom is -0.508 e. The zero-order valence-electron chi connectivity index (χ0n) is 40.7. The number of aromatic nitrogens is 3. The molecule has 6 aliphatic rings. The SMILES string of the molecule is C#Cc1c(F)ccc2cc(O)cc(-c3nc(O)c4c(N5CCN(C)[C@@H](CC#N)C5)nc(OCC5(CN6CCN(CC7CCN(c8ccc9c(c8)CN(C8CCC(=O)NC8=O)C9=O)CC7)CC6)CC5)nc4c3F)c12.